The highest BCUT2D eigenvalue weighted by Gasteiger charge is 2.21. The fourth-order valence-electron chi connectivity index (χ4n) is 7.40. The fourth-order valence-corrected chi connectivity index (χ4v) is 7.40. The van der Waals surface area contributed by atoms with E-state index in [-0.39, 0.29) is 0 Å². The van der Waals surface area contributed by atoms with Crippen molar-refractivity contribution in [2.75, 3.05) is 0 Å². The maximum Gasteiger partial charge on any atom is 0.0346 e. The van der Waals surface area contributed by atoms with Gasteiger partial charge in [0.1, 0.15) is 0 Å². The Hall–Kier alpha value is -5.53. The maximum absolute atomic E-state index is 4.31. The minimum absolute atomic E-state index is 0.325. The summed E-state index contributed by atoms with van der Waals surface area (Å²) in [6.45, 7) is 2.27. The van der Waals surface area contributed by atoms with E-state index in [2.05, 4.69) is 164 Å². The van der Waals surface area contributed by atoms with Gasteiger partial charge in [-0.2, -0.15) is 0 Å². The molecule has 0 N–H and O–H groups in total. The molecule has 6 aromatic carbocycles. The molecule has 0 radical (unpaired) electrons. The lowest BCUT2D eigenvalue weighted by molar-refractivity contribution is 0.750. The molecule has 1 aromatic heterocycles. The molecule has 1 nitrogen and oxygen atoms in total. The van der Waals surface area contributed by atoms with Gasteiger partial charge in [-0.25, -0.2) is 0 Å². The van der Waals surface area contributed by atoms with Gasteiger partial charge in [0.25, 0.3) is 0 Å². The van der Waals surface area contributed by atoms with E-state index in [4.69, 9.17) is 0 Å². The Morgan fingerprint density at radius 2 is 1.13 bits per heavy atom. The highest BCUT2D eigenvalue weighted by Crippen LogP contribution is 2.46. The first-order valence-corrected chi connectivity index (χ1v) is 16.7. The molecule has 0 bridgehead atoms. The summed E-state index contributed by atoms with van der Waals surface area (Å²) < 4.78 is 0. The Labute approximate surface area is 277 Å². The third-order valence-corrected chi connectivity index (χ3v) is 9.68. The minimum Gasteiger partial charge on any atom is -0.264 e. The van der Waals surface area contributed by atoms with Crippen molar-refractivity contribution in [1.82, 2.24) is 4.98 Å². The molecule has 0 saturated carbocycles. The quantitative estimate of drug-likeness (QED) is 0.144. The molecular weight excluding hydrogens is 567 g/mol. The molecule has 2 unspecified atom stereocenters. The summed E-state index contributed by atoms with van der Waals surface area (Å²) >= 11 is 0. The zero-order valence-corrected chi connectivity index (χ0v) is 26.7. The Bertz CT molecular complexity index is 2250. The summed E-state index contributed by atoms with van der Waals surface area (Å²) in [6, 6.07) is 44.7. The van der Waals surface area contributed by atoms with Crippen LogP contribution < -0.4 is 0 Å². The lowest BCUT2D eigenvalue weighted by Crippen LogP contribution is -2.01. The van der Waals surface area contributed by atoms with Crippen LogP contribution in [0.5, 0.6) is 0 Å². The van der Waals surface area contributed by atoms with Crippen LogP contribution in [-0.4, -0.2) is 4.98 Å². The predicted molar refractivity (Wildman–Crippen MR) is 202 cm³/mol. The first kappa shape index (κ1) is 28.9. The zero-order chi connectivity index (χ0) is 31.6. The first-order valence-electron chi connectivity index (χ1n) is 16.7. The molecule has 7 aromatic rings. The second kappa shape index (κ2) is 12.7. The van der Waals surface area contributed by atoms with E-state index < -0.39 is 0 Å². The smallest absolute Gasteiger partial charge is 0.0346 e. The summed E-state index contributed by atoms with van der Waals surface area (Å²) in [5, 5.41) is 7.86. The van der Waals surface area contributed by atoms with E-state index >= 15 is 0 Å². The van der Waals surface area contributed by atoms with Crippen LogP contribution in [0.15, 0.2) is 170 Å². The predicted octanol–water partition coefficient (Wildman–Crippen LogP) is 12.7. The van der Waals surface area contributed by atoms with Crippen LogP contribution in [0.25, 0.3) is 65.7 Å². The zero-order valence-electron chi connectivity index (χ0n) is 26.7. The molecular formula is C46H37N. The van der Waals surface area contributed by atoms with Crippen molar-refractivity contribution >= 4 is 32.3 Å². The molecule has 1 heterocycles. The second-order valence-electron chi connectivity index (χ2n) is 12.6. The van der Waals surface area contributed by atoms with E-state index in [1.807, 2.05) is 18.5 Å². The summed E-state index contributed by atoms with van der Waals surface area (Å²) in [5.41, 5.74) is 8.80. The molecule has 0 fully saturated rings. The van der Waals surface area contributed by atoms with Crippen LogP contribution in [0.1, 0.15) is 31.2 Å². The normalized spacial score (nSPS) is 18.7. The molecule has 0 aliphatic heterocycles. The van der Waals surface area contributed by atoms with Crippen molar-refractivity contribution in [2.45, 2.75) is 25.7 Å². The van der Waals surface area contributed by atoms with Gasteiger partial charge in [-0.05, 0) is 96.1 Å². The highest BCUT2D eigenvalue weighted by atomic mass is 14.6. The van der Waals surface area contributed by atoms with Crippen LogP contribution in [0, 0.1) is 5.92 Å². The molecule has 1 aliphatic carbocycles. The van der Waals surface area contributed by atoms with Gasteiger partial charge in [0.05, 0.1) is 0 Å². The third kappa shape index (κ3) is 5.49. The number of aromatic nitrogens is 1. The Balaban J connectivity index is 1.33. The van der Waals surface area contributed by atoms with Crippen molar-refractivity contribution in [1.29, 1.82) is 0 Å². The number of rotatable bonds is 4. The number of allylic oxidation sites excluding steroid dienone is 6. The summed E-state index contributed by atoms with van der Waals surface area (Å²) in [4.78, 5) is 4.31. The van der Waals surface area contributed by atoms with E-state index in [1.165, 1.54) is 65.7 Å². The van der Waals surface area contributed by atoms with Crippen LogP contribution in [-0.2, 0) is 0 Å². The van der Waals surface area contributed by atoms with Crippen molar-refractivity contribution in [2.24, 2.45) is 5.92 Å². The van der Waals surface area contributed by atoms with Gasteiger partial charge >= 0.3 is 0 Å². The largest absolute Gasteiger partial charge is 0.264 e. The molecule has 226 valence electrons. The van der Waals surface area contributed by atoms with Gasteiger partial charge in [-0.3, -0.25) is 4.98 Å². The lowest BCUT2D eigenvalue weighted by Gasteiger charge is -2.23. The van der Waals surface area contributed by atoms with E-state index in [9.17, 15) is 0 Å². The van der Waals surface area contributed by atoms with Gasteiger partial charge < -0.3 is 0 Å². The van der Waals surface area contributed by atoms with Gasteiger partial charge in [-0.15, -0.1) is 0 Å². The van der Waals surface area contributed by atoms with Crippen molar-refractivity contribution < 1.29 is 0 Å². The molecule has 1 aliphatic rings. The molecule has 1 heteroatoms. The topological polar surface area (TPSA) is 12.9 Å². The van der Waals surface area contributed by atoms with Gasteiger partial charge in [0.15, 0.2) is 0 Å². The highest BCUT2D eigenvalue weighted by molar-refractivity contribution is 6.19. The molecule has 8 rings (SSSR count). The Kier molecular flexibility index (Phi) is 7.81. The van der Waals surface area contributed by atoms with Crippen LogP contribution in [0.3, 0.4) is 0 Å². The summed E-state index contributed by atoms with van der Waals surface area (Å²) in [7, 11) is 0. The molecule has 0 saturated heterocycles. The average Bonchev–Trinajstić information content (AvgIpc) is 3.14. The number of hydrogen-bond acceptors (Lipinski definition) is 1. The Morgan fingerprint density at radius 3 is 1.81 bits per heavy atom. The van der Waals surface area contributed by atoms with Crippen LogP contribution >= 0.6 is 0 Å². The number of benzene rings is 6. The van der Waals surface area contributed by atoms with Gasteiger partial charge in [-0.1, -0.05) is 159 Å². The number of nitrogens with zero attached hydrogens (tertiary/aromatic N) is 1. The number of fused-ring (bicyclic) bond motifs is 3. The molecule has 47 heavy (non-hydrogen) atoms. The van der Waals surface area contributed by atoms with Gasteiger partial charge in [0, 0.05) is 18.3 Å². The van der Waals surface area contributed by atoms with E-state index in [0.29, 0.717) is 11.8 Å². The first-order chi connectivity index (χ1) is 23.3. The number of hydrogen-bond donors (Lipinski definition) is 0. The maximum atomic E-state index is 4.31. The average molecular weight is 604 g/mol. The van der Waals surface area contributed by atoms with Crippen molar-refractivity contribution in [3.8, 4) is 33.4 Å². The monoisotopic (exact) mass is 603 g/mol. The fraction of sp³-hybridized carbons (Fsp3) is 0.109. The van der Waals surface area contributed by atoms with Crippen LogP contribution in [0.2, 0.25) is 0 Å². The van der Waals surface area contributed by atoms with Crippen molar-refractivity contribution in [3.63, 3.8) is 0 Å². The lowest BCUT2D eigenvalue weighted by atomic mass is 9.80. The molecule has 0 spiro atoms. The second-order valence-corrected chi connectivity index (χ2v) is 12.6. The number of pyridine rings is 1. The minimum atomic E-state index is 0.325. The standard InChI is InChI=1S/C46H37N/c1-32-13-4-2-3-5-14-35(23-22-32)45-40-18-8-10-20-42(40)46(43-21-11-9-19-41(43)45)44-29-28-37(38-16-6-7-17-39(38)44)34-26-24-33(25-27-34)36-15-12-30-47-31-36/h2-4,6-13,15-32,35H,5,14H2,1H3/b3-2-,13-4-,23-22-. The molecule has 0 amide bonds. The van der Waals surface area contributed by atoms with Crippen LogP contribution in [0.4, 0.5) is 0 Å². The molecule has 2 atom stereocenters. The summed E-state index contributed by atoms with van der Waals surface area (Å²) in [5.74, 6) is 0.722. The Morgan fingerprint density at radius 1 is 0.511 bits per heavy atom. The third-order valence-electron chi connectivity index (χ3n) is 9.68. The summed E-state index contributed by atoms with van der Waals surface area (Å²) in [6.07, 6.45) is 19.7. The van der Waals surface area contributed by atoms with E-state index in [1.54, 1.807) is 0 Å². The SMILES string of the molecule is CC1/C=C\C=C/CCC(c2c3ccccc3c(-c3ccc(-c4ccc(-c5cccnc5)cc4)c4ccccc34)c3ccccc23)/C=C\1. The van der Waals surface area contributed by atoms with Crippen molar-refractivity contribution in [3.05, 3.63) is 176 Å². The van der Waals surface area contributed by atoms with E-state index in [0.717, 1.165) is 18.4 Å². The van der Waals surface area contributed by atoms with Gasteiger partial charge in [0.2, 0.25) is 0 Å².